The molecule has 3 heterocycles. The lowest BCUT2D eigenvalue weighted by atomic mass is 9.60. The first-order valence-electron chi connectivity index (χ1n) is 16.1. The van der Waals surface area contributed by atoms with Crippen LogP contribution in [0.15, 0.2) is 108 Å². The second kappa shape index (κ2) is 10.3. The third kappa shape index (κ3) is 4.00. The molecule has 0 unspecified atom stereocenters. The van der Waals surface area contributed by atoms with Crippen LogP contribution in [0.2, 0.25) is 0 Å². The number of nitrogens with zero attached hydrogens (tertiary/aromatic N) is 4. The third-order valence-corrected chi connectivity index (χ3v) is 10.2. The Morgan fingerprint density at radius 2 is 1.06 bits per heavy atom. The van der Waals surface area contributed by atoms with Gasteiger partial charge in [0.2, 0.25) is 5.95 Å². The Balaban J connectivity index is 1.40. The van der Waals surface area contributed by atoms with Gasteiger partial charge in [-0.15, -0.1) is 16.4 Å². The number of furan rings is 1. The zero-order valence-electron chi connectivity index (χ0n) is 27.0. The molecule has 5 nitrogen and oxygen atoms in total. The summed E-state index contributed by atoms with van der Waals surface area (Å²) in [5, 5.41) is 4.41. The van der Waals surface area contributed by atoms with Crippen molar-refractivity contribution in [2.24, 2.45) is 0 Å². The zero-order chi connectivity index (χ0) is 32.0. The van der Waals surface area contributed by atoms with Crippen molar-refractivity contribution < 1.29 is 4.42 Å². The van der Waals surface area contributed by atoms with Crippen LogP contribution in [0.5, 0.6) is 0 Å². The van der Waals surface area contributed by atoms with Gasteiger partial charge < -0.3 is 4.42 Å². The summed E-state index contributed by atoms with van der Waals surface area (Å²) in [7, 11) is 11.0. The minimum Gasteiger partial charge on any atom is -0.456 e. The predicted octanol–water partition coefficient (Wildman–Crippen LogP) is 1.00. The topological polar surface area (TPSA) is 55.1 Å². The second-order valence-corrected chi connectivity index (χ2v) is 12.6. The minimum atomic E-state index is 0.582. The molecule has 1 aliphatic rings. The monoisotopic (exact) mass is 598 g/mol. The summed E-state index contributed by atoms with van der Waals surface area (Å²) in [6, 6.07) is 35.8. The Morgan fingerprint density at radius 3 is 1.89 bits per heavy atom. The molecule has 9 rings (SSSR count). The van der Waals surface area contributed by atoms with Gasteiger partial charge in [0.25, 0.3) is 0 Å². The van der Waals surface area contributed by atoms with Crippen LogP contribution in [0.4, 0.5) is 17.3 Å². The Hall–Kier alpha value is -5.49. The number of anilines is 3. The standard InChI is InChI=1S/C37H27B5N4O/c38-30-29(31(39)33(41)34(42)32(30)40)36-43-35(22-13-7-17-26-28(22)21-11-2-4-16-25(21)47-26)44-37(45-36)46-23-14-3-1-10-19(23)20-12-5-8-18-9-6-15-24(46)27(18)20/h1-17H,38-42H2. The summed E-state index contributed by atoms with van der Waals surface area (Å²) in [5.41, 5.74) is 14.3. The van der Waals surface area contributed by atoms with Crippen molar-refractivity contribution in [1.82, 2.24) is 15.0 Å². The Labute approximate surface area is 277 Å². The van der Waals surface area contributed by atoms with Crippen molar-refractivity contribution in [3.63, 3.8) is 0 Å². The smallest absolute Gasteiger partial charge is 0.238 e. The van der Waals surface area contributed by atoms with Crippen molar-refractivity contribution in [2.45, 2.75) is 0 Å². The lowest BCUT2D eigenvalue weighted by molar-refractivity contribution is 0.669. The van der Waals surface area contributed by atoms with E-state index in [-0.39, 0.29) is 0 Å². The van der Waals surface area contributed by atoms with E-state index in [0.717, 1.165) is 50.0 Å². The summed E-state index contributed by atoms with van der Waals surface area (Å²) < 4.78 is 6.30. The largest absolute Gasteiger partial charge is 0.456 e. The molecule has 0 amide bonds. The highest BCUT2D eigenvalue weighted by atomic mass is 16.3. The van der Waals surface area contributed by atoms with Crippen molar-refractivity contribution in [3.8, 4) is 33.9 Å². The quantitative estimate of drug-likeness (QED) is 0.285. The van der Waals surface area contributed by atoms with E-state index in [4.69, 9.17) is 19.4 Å². The van der Waals surface area contributed by atoms with Gasteiger partial charge in [0.1, 0.15) is 50.4 Å². The fourth-order valence-corrected chi connectivity index (χ4v) is 7.47. The van der Waals surface area contributed by atoms with Gasteiger partial charge in [-0.25, -0.2) is 4.98 Å². The lowest BCUT2D eigenvalue weighted by Crippen LogP contribution is -2.55. The summed E-state index contributed by atoms with van der Waals surface area (Å²) in [6.07, 6.45) is 0. The van der Waals surface area contributed by atoms with Gasteiger partial charge in [-0.2, -0.15) is 9.97 Å². The van der Waals surface area contributed by atoms with Gasteiger partial charge in [0, 0.05) is 32.8 Å². The van der Waals surface area contributed by atoms with E-state index in [2.05, 4.69) is 117 Å². The van der Waals surface area contributed by atoms with E-state index >= 15 is 0 Å². The van der Waals surface area contributed by atoms with E-state index in [1.807, 2.05) is 30.3 Å². The van der Waals surface area contributed by atoms with Crippen LogP contribution in [-0.4, -0.2) is 54.2 Å². The highest BCUT2D eigenvalue weighted by Gasteiger charge is 2.29. The fourth-order valence-electron chi connectivity index (χ4n) is 7.47. The van der Waals surface area contributed by atoms with Gasteiger partial charge in [-0.1, -0.05) is 89.8 Å². The first-order chi connectivity index (χ1) is 22.9. The molecular formula is C37H27B5N4O. The van der Waals surface area contributed by atoms with Gasteiger partial charge in [0.05, 0.1) is 11.4 Å². The van der Waals surface area contributed by atoms with Crippen LogP contribution in [0.3, 0.4) is 0 Å². The normalized spacial score (nSPS) is 12.2. The molecule has 0 N–H and O–H groups in total. The van der Waals surface area contributed by atoms with Crippen molar-refractivity contribution >= 4 is 117 Å². The number of hydrogen-bond acceptors (Lipinski definition) is 5. The number of benzene rings is 6. The van der Waals surface area contributed by atoms with Crippen LogP contribution in [-0.2, 0) is 0 Å². The molecule has 0 aliphatic carbocycles. The maximum Gasteiger partial charge on any atom is 0.238 e. The minimum absolute atomic E-state index is 0.582. The van der Waals surface area contributed by atoms with E-state index in [1.165, 1.54) is 43.6 Å². The number of aromatic nitrogens is 3. The predicted molar refractivity (Wildman–Crippen MR) is 210 cm³/mol. The molecule has 10 heteroatoms. The highest BCUT2D eigenvalue weighted by Crippen LogP contribution is 2.50. The molecular weight excluding hydrogens is 570 g/mol. The van der Waals surface area contributed by atoms with Crippen LogP contribution in [0, 0.1) is 0 Å². The van der Waals surface area contributed by atoms with E-state index in [0.29, 0.717) is 17.6 Å². The molecule has 0 bridgehead atoms. The zero-order valence-corrected chi connectivity index (χ0v) is 27.0. The first-order valence-corrected chi connectivity index (χ1v) is 16.1. The van der Waals surface area contributed by atoms with Crippen molar-refractivity contribution in [1.29, 1.82) is 0 Å². The molecule has 0 saturated heterocycles. The van der Waals surface area contributed by atoms with Gasteiger partial charge in [0.15, 0.2) is 11.6 Å². The van der Waals surface area contributed by atoms with Crippen LogP contribution in [0.25, 0.3) is 66.6 Å². The number of fused-ring (bicyclic) bond motifs is 5. The summed E-state index contributed by atoms with van der Waals surface area (Å²) in [6.45, 7) is 0. The van der Waals surface area contributed by atoms with Crippen molar-refractivity contribution in [3.05, 3.63) is 103 Å². The molecule has 6 aromatic carbocycles. The molecule has 1 aliphatic heterocycles. The summed E-state index contributed by atoms with van der Waals surface area (Å²) >= 11 is 0. The lowest BCUT2D eigenvalue weighted by Gasteiger charge is -2.32. The molecule has 0 atom stereocenters. The van der Waals surface area contributed by atoms with E-state index in [9.17, 15) is 0 Å². The SMILES string of the molecule is Bc1c(B)c(B)c(-c2nc(-c3cccc4oc5ccccc5c34)nc(N3c4ccccc4-c4cccc5cccc3c45)n2)c(B)c1B. The van der Waals surface area contributed by atoms with Gasteiger partial charge >= 0.3 is 0 Å². The maximum absolute atomic E-state index is 6.30. The molecule has 0 radical (unpaired) electrons. The fraction of sp³-hybridized carbons (Fsp3) is 0. The van der Waals surface area contributed by atoms with Crippen LogP contribution >= 0.6 is 0 Å². The Bertz CT molecular complexity index is 2580. The molecule has 8 aromatic rings. The van der Waals surface area contributed by atoms with Crippen LogP contribution in [0.1, 0.15) is 0 Å². The Kier molecular flexibility index (Phi) is 6.07. The molecule has 47 heavy (non-hydrogen) atoms. The summed E-state index contributed by atoms with van der Waals surface area (Å²) in [4.78, 5) is 18.2. The summed E-state index contributed by atoms with van der Waals surface area (Å²) in [5.74, 6) is 1.86. The van der Waals surface area contributed by atoms with Gasteiger partial charge in [-0.3, -0.25) is 4.90 Å². The molecule has 0 spiro atoms. The second-order valence-electron chi connectivity index (χ2n) is 12.6. The molecule has 0 fully saturated rings. The number of rotatable bonds is 3. The number of hydrogen-bond donors (Lipinski definition) is 0. The van der Waals surface area contributed by atoms with Crippen LogP contribution < -0.4 is 32.2 Å². The number of para-hydroxylation sites is 2. The molecule has 2 aromatic heterocycles. The van der Waals surface area contributed by atoms with E-state index < -0.39 is 0 Å². The Morgan fingerprint density at radius 1 is 0.468 bits per heavy atom. The van der Waals surface area contributed by atoms with Crippen molar-refractivity contribution in [2.75, 3.05) is 4.90 Å². The average Bonchev–Trinajstić information content (AvgIpc) is 3.49. The van der Waals surface area contributed by atoms with Gasteiger partial charge in [-0.05, 0) is 35.2 Å². The maximum atomic E-state index is 6.30. The third-order valence-electron chi connectivity index (χ3n) is 10.2. The highest BCUT2D eigenvalue weighted by molar-refractivity contribution is 6.68. The molecule has 0 saturated carbocycles. The molecule has 216 valence electrons. The van der Waals surface area contributed by atoms with E-state index in [1.54, 1.807) is 0 Å². The average molecular weight is 598 g/mol. The first kappa shape index (κ1) is 27.8.